The number of hydrogen-bond donors (Lipinski definition) is 3. The highest BCUT2D eigenvalue weighted by Crippen LogP contribution is 2.17. The lowest BCUT2D eigenvalue weighted by atomic mass is 9.94. The Morgan fingerprint density at radius 1 is 1.19 bits per heavy atom. The summed E-state index contributed by atoms with van der Waals surface area (Å²) in [6, 6.07) is 10.1. The van der Waals surface area contributed by atoms with Gasteiger partial charge in [0.2, 0.25) is 0 Å². The molecule has 0 aliphatic heterocycles. The van der Waals surface area contributed by atoms with Crippen molar-refractivity contribution in [2.45, 2.75) is 18.9 Å². The van der Waals surface area contributed by atoms with E-state index in [0.717, 1.165) is 5.56 Å². The largest absolute Gasteiger partial charge is 0.480 e. The maximum absolute atomic E-state index is 11.1. The van der Waals surface area contributed by atoms with Gasteiger partial charge in [-0.2, -0.15) is 0 Å². The van der Waals surface area contributed by atoms with E-state index in [1.807, 2.05) is 0 Å². The third-order valence-corrected chi connectivity index (χ3v) is 3.24. The highest BCUT2D eigenvalue weighted by molar-refractivity contribution is 5.86. The summed E-state index contributed by atoms with van der Waals surface area (Å²) >= 11 is 0. The minimum atomic E-state index is -1.33. The molecule has 2 aromatic rings. The fourth-order valence-electron chi connectivity index (χ4n) is 2.05. The molecule has 110 valence electrons. The minimum Gasteiger partial charge on any atom is -0.480 e. The Balaban J connectivity index is 2.25. The van der Waals surface area contributed by atoms with E-state index >= 15 is 0 Å². The third-order valence-electron chi connectivity index (χ3n) is 3.24. The average Bonchev–Trinajstić information content (AvgIpc) is 2.88. The zero-order valence-electron chi connectivity index (χ0n) is 11.5. The number of benzene rings is 1. The molecule has 1 aromatic carbocycles. The van der Waals surface area contributed by atoms with Crippen LogP contribution in [0.3, 0.4) is 0 Å². The summed E-state index contributed by atoms with van der Waals surface area (Å²) in [6.07, 6.45) is 1.85. The minimum absolute atomic E-state index is 0.164. The van der Waals surface area contributed by atoms with Crippen molar-refractivity contribution in [1.82, 2.24) is 4.57 Å². The summed E-state index contributed by atoms with van der Waals surface area (Å²) in [5.41, 5.74) is 6.00. The van der Waals surface area contributed by atoms with Gasteiger partial charge in [0.15, 0.2) is 0 Å². The molecule has 1 aromatic heterocycles. The van der Waals surface area contributed by atoms with E-state index in [1.165, 1.54) is 13.0 Å². The summed E-state index contributed by atoms with van der Waals surface area (Å²) in [6.45, 7) is 1.46. The van der Waals surface area contributed by atoms with Crippen LogP contribution in [0.25, 0.3) is 5.69 Å². The van der Waals surface area contributed by atoms with E-state index in [4.69, 9.17) is 15.9 Å². The Morgan fingerprint density at radius 2 is 1.81 bits per heavy atom. The fraction of sp³-hybridized carbons (Fsp3) is 0.200. The Kier molecular flexibility index (Phi) is 3.82. The number of nitrogens with zero attached hydrogens (tertiary/aromatic N) is 1. The SMILES string of the molecule is C[C@@](N)(Cc1ccc(-n2cccc2C(=O)O)cc1)C(=O)O. The van der Waals surface area contributed by atoms with Crippen molar-refractivity contribution in [2.24, 2.45) is 5.73 Å². The Hall–Kier alpha value is -2.60. The molecule has 0 radical (unpaired) electrons. The van der Waals surface area contributed by atoms with Crippen LogP contribution in [-0.2, 0) is 11.2 Å². The zero-order chi connectivity index (χ0) is 15.6. The monoisotopic (exact) mass is 288 g/mol. The van der Waals surface area contributed by atoms with Gasteiger partial charge in [0, 0.05) is 18.3 Å². The Bertz CT molecular complexity index is 671. The van der Waals surface area contributed by atoms with E-state index in [9.17, 15) is 9.59 Å². The molecule has 0 spiro atoms. The van der Waals surface area contributed by atoms with Crippen LogP contribution in [0.2, 0.25) is 0 Å². The second kappa shape index (κ2) is 5.41. The predicted octanol–water partition coefficient (Wildman–Crippen LogP) is 1.52. The van der Waals surface area contributed by atoms with Gasteiger partial charge in [-0.25, -0.2) is 4.79 Å². The molecule has 0 saturated heterocycles. The van der Waals surface area contributed by atoms with Crippen LogP contribution in [0.15, 0.2) is 42.6 Å². The second-order valence-corrected chi connectivity index (χ2v) is 5.13. The van der Waals surface area contributed by atoms with Crippen molar-refractivity contribution in [2.75, 3.05) is 0 Å². The molecule has 2 rings (SSSR count). The lowest BCUT2D eigenvalue weighted by Gasteiger charge is -2.19. The number of carboxylic acid groups (broad SMARTS) is 2. The molecular formula is C15H16N2O4. The highest BCUT2D eigenvalue weighted by atomic mass is 16.4. The van der Waals surface area contributed by atoms with E-state index in [0.29, 0.717) is 5.69 Å². The maximum Gasteiger partial charge on any atom is 0.352 e. The lowest BCUT2D eigenvalue weighted by Crippen LogP contribution is -2.46. The quantitative estimate of drug-likeness (QED) is 0.773. The van der Waals surface area contributed by atoms with Crippen LogP contribution in [-0.4, -0.2) is 32.3 Å². The molecule has 0 unspecified atom stereocenters. The van der Waals surface area contributed by atoms with Gasteiger partial charge in [-0.1, -0.05) is 12.1 Å². The summed E-state index contributed by atoms with van der Waals surface area (Å²) in [4.78, 5) is 22.1. The molecule has 0 amide bonds. The van der Waals surface area contributed by atoms with Gasteiger partial charge in [-0.05, 0) is 36.8 Å². The van der Waals surface area contributed by atoms with Crippen LogP contribution in [0.4, 0.5) is 0 Å². The van der Waals surface area contributed by atoms with Gasteiger partial charge in [0.25, 0.3) is 0 Å². The number of carboxylic acids is 2. The van der Waals surface area contributed by atoms with Crippen LogP contribution >= 0.6 is 0 Å². The van der Waals surface area contributed by atoms with Gasteiger partial charge in [-0.3, -0.25) is 4.79 Å². The summed E-state index contributed by atoms with van der Waals surface area (Å²) in [5.74, 6) is -2.07. The van der Waals surface area contributed by atoms with Gasteiger partial charge in [-0.15, -0.1) is 0 Å². The molecule has 6 nitrogen and oxygen atoms in total. The summed E-state index contributed by atoms with van der Waals surface area (Å²) < 4.78 is 1.55. The molecule has 0 saturated carbocycles. The molecule has 0 aliphatic rings. The summed E-state index contributed by atoms with van der Waals surface area (Å²) in [7, 11) is 0. The Morgan fingerprint density at radius 3 is 2.33 bits per heavy atom. The number of aromatic nitrogens is 1. The van der Waals surface area contributed by atoms with E-state index < -0.39 is 17.5 Å². The third kappa shape index (κ3) is 3.11. The van der Waals surface area contributed by atoms with Crippen molar-refractivity contribution in [1.29, 1.82) is 0 Å². The van der Waals surface area contributed by atoms with Crippen LogP contribution < -0.4 is 5.73 Å². The molecule has 6 heteroatoms. The molecule has 0 aliphatic carbocycles. The van der Waals surface area contributed by atoms with Gasteiger partial charge >= 0.3 is 11.9 Å². The predicted molar refractivity (Wildman–Crippen MR) is 76.7 cm³/mol. The van der Waals surface area contributed by atoms with Crippen molar-refractivity contribution in [3.05, 3.63) is 53.9 Å². The number of nitrogens with two attached hydrogens (primary N) is 1. The first-order valence-corrected chi connectivity index (χ1v) is 6.33. The number of aliphatic carboxylic acids is 1. The molecule has 1 atom stereocenters. The normalized spacial score (nSPS) is 13.6. The van der Waals surface area contributed by atoms with Gasteiger partial charge < -0.3 is 20.5 Å². The van der Waals surface area contributed by atoms with Crippen LogP contribution in [0.5, 0.6) is 0 Å². The van der Waals surface area contributed by atoms with E-state index in [2.05, 4.69) is 0 Å². The molecule has 1 heterocycles. The first kappa shape index (κ1) is 14.8. The number of aromatic carboxylic acids is 1. The van der Waals surface area contributed by atoms with Crippen molar-refractivity contribution in [3.8, 4) is 5.69 Å². The van der Waals surface area contributed by atoms with Crippen LogP contribution in [0, 0.1) is 0 Å². The lowest BCUT2D eigenvalue weighted by molar-refractivity contribution is -0.142. The number of hydrogen-bond acceptors (Lipinski definition) is 3. The Labute approximate surface area is 121 Å². The zero-order valence-corrected chi connectivity index (χ0v) is 11.5. The van der Waals surface area contributed by atoms with Crippen molar-refractivity contribution in [3.63, 3.8) is 0 Å². The maximum atomic E-state index is 11.1. The van der Waals surface area contributed by atoms with Gasteiger partial charge in [0.05, 0.1) is 0 Å². The molecule has 4 N–H and O–H groups in total. The number of carbonyl (C=O) groups is 2. The summed E-state index contributed by atoms with van der Waals surface area (Å²) in [5, 5.41) is 18.1. The smallest absolute Gasteiger partial charge is 0.352 e. The van der Waals surface area contributed by atoms with Crippen molar-refractivity contribution >= 4 is 11.9 Å². The first-order valence-electron chi connectivity index (χ1n) is 6.33. The molecule has 0 bridgehead atoms. The van der Waals surface area contributed by atoms with E-state index in [-0.39, 0.29) is 12.1 Å². The topological polar surface area (TPSA) is 106 Å². The van der Waals surface area contributed by atoms with Crippen molar-refractivity contribution < 1.29 is 19.8 Å². The highest BCUT2D eigenvalue weighted by Gasteiger charge is 2.27. The molecule has 21 heavy (non-hydrogen) atoms. The average molecular weight is 288 g/mol. The molecule has 0 fully saturated rings. The standard InChI is InChI=1S/C15H16N2O4/c1-15(16,14(20)21)9-10-4-6-11(7-5-10)17-8-2-3-12(17)13(18)19/h2-8H,9,16H2,1H3,(H,18,19)(H,20,21)/t15-/m1/s1. The van der Waals surface area contributed by atoms with E-state index in [1.54, 1.807) is 41.1 Å². The number of rotatable bonds is 5. The second-order valence-electron chi connectivity index (χ2n) is 5.13. The van der Waals surface area contributed by atoms with Crippen LogP contribution in [0.1, 0.15) is 23.0 Å². The molecular weight excluding hydrogens is 272 g/mol. The van der Waals surface area contributed by atoms with Gasteiger partial charge in [0.1, 0.15) is 11.2 Å². The first-order chi connectivity index (χ1) is 9.81. The fourth-order valence-corrected chi connectivity index (χ4v) is 2.05.